The van der Waals surface area contributed by atoms with E-state index in [4.69, 9.17) is 27.9 Å². The lowest BCUT2D eigenvalue weighted by Crippen LogP contribution is -2.41. The lowest BCUT2D eigenvalue weighted by Gasteiger charge is -2.17. The van der Waals surface area contributed by atoms with E-state index in [-0.39, 0.29) is 18.9 Å². The highest BCUT2D eigenvalue weighted by atomic mass is 35.5. The maximum atomic E-state index is 12.4. The zero-order valence-electron chi connectivity index (χ0n) is 17.8. The van der Waals surface area contributed by atoms with Gasteiger partial charge in [0.1, 0.15) is 12.6 Å². The molecule has 0 fully saturated rings. The van der Waals surface area contributed by atoms with E-state index in [1.165, 1.54) is 0 Å². The van der Waals surface area contributed by atoms with Gasteiger partial charge < -0.3 is 15.2 Å². The Balaban J connectivity index is 1.33. The number of benzene rings is 3. The third kappa shape index (κ3) is 5.32. The smallest absolute Gasteiger partial charge is 0.407 e. The normalized spacial score (nSPS) is 13.2. The number of fused-ring (bicyclic) bond motifs is 3. The van der Waals surface area contributed by atoms with Crippen molar-refractivity contribution in [1.82, 2.24) is 5.32 Å². The lowest BCUT2D eigenvalue weighted by molar-refractivity contribution is -0.139. The molecule has 170 valence electrons. The third-order valence-corrected chi connectivity index (χ3v) is 6.62. The van der Waals surface area contributed by atoms with Gasteiger partial charge in [-0.2, -0.15) is 0 Å². The Morgan fingerprint density at radius 1 is 0.939 bits per heavy atom. The quantitative estimate of drug-likeness (QED) is 0.393. The van der Waals surface area contributed by atoms with Crippen molar-refractivity contribution >= 4 is 35.3 Å². The first-order valence-corrected chi connectivity index (χ1v) is 11.5. The number of hydrogen-bond donors (Lipinski definition) is 2. The van der Waals surface area contributed by atoms with Crippen molar-refractivity contribution in [1.29, 1.82) is 0 Å². The van der Waals surface area contributed by atoms with Crippen molar-refractivity contribution < 1.29 is 19.4 Å². The summed E-state index contributed by atoms with van der Waals surface area (Å²) in [5.41, 5.74) is 5.42. The maximum absolute atomic E-state index is 12.4. The number of carbonyl (C=O) groups is 2. The number of aryl methyl sites for hydroxylation is 1. The molecule has 5 nitrogen and oxygen atoms in total. The van der Waals surface area contributed by atoms with Crippen LogP contribution in [0.5, 0.6) is 0 Å². The summed E-state index contributed by atoms with van der Waals surface area (Å²) < 4.78 is 5.47. The highest BCUT2D eigenvalue weighted by Gasteiger charge is 2.29. The van der Waals surface area contributed by atoms with Gasteiger partial charge >= 0.3 is 12.1 Å². The molecule has 0 saturated heterocycles. The summed E-state index contributed by atoms with van der Waals surface area (Å²) in [7, 11) is 0. The minimum Gasteiger partial charge on any atom is -0.480 e. The molecule has 0 saturated carbocycles. The van der Waals surface area contributed by atoms with Crippen LogP contribution in [0.2, 0.25) is 10.0 Å². The molecular formula is C26H23Cl2NO4. The first-order valence-electron chi connectivity index (χ1n) is 10.7. The monoisotopic (exact) mass is 483 g/mol. The second-order valence-corrected chi connectivity index (χ2v) is 8.82. The Kier molecular flexibility index (Phi) is 7.21. The van der Waals surface area contributed by atoms with E-state index in [9.17, 15) is 14.7 Å². The molecule has 0 bridgehead atoms. The summed E-state index contributed by atoms with van der Waals surface area (Å²) in [5, 5.41) is 13.0. The highest BCUT2D eigenvalue weighted by molar-refractivity contribution is 6.42. The maximum Gasteiger partial charge on any atom is 0.407 e. The van der Waals surface area contributed by atoms with Crippen molar-refractivity contribution in [2.24, 2.45) is 0 Å². The lowest BCUT2D eigenvalue weighted by atomic mass is 9.98. The van der Waals surface area contributed by atoms with Crippen LogP contribution >= 0.6 is 23.2 Å². The second kappa shape index (κ2) is 10.3. The number of aliphatic carboxylic acids is 1. The van der Waals surface area contributed by atoms with Gasteiger partial charge in [0.15, 0.2) is 0 Å². The molecule has 7 heteroatoms. The van der Waals surface area contributed by atoms with Gasteiger partial charge in [0, 0.05) is 5.92 Å². The van der Waals surface area contributed by atoms with Gasteiger partial charge in [0.25, 0.3) is 0 Å². The molecule has 1 amide bonds. The Morgan fingerprint density at radius 3 is 2.18 bits per heavy atom. The Labute approximate surface area is 202 Å². The molecule has 0 spiro atoms. The molecule has 1 aliphatic rings. The number of hydrogen-bond acceptors (Lipinski definition) is 3. The molecular weight excluding hydrogens is 461 g/mol. The van der Waals surface area contributed by atoms with Gasteiger partial charge in [0.05, 0.1) is 10.0 Å². The Morgan fingerprint density at radius 2 is 1.58 bits per heavy atom. The fourth-order valence-corrected chi connectivity index (χ4v) is 4.57. The Bertz CT molecular complexity index is 1130. The molecule has 1 aliphatic carbocycles. The number of halogens is 2. The topological polar surface area (TPSA) is 75.6 Å². The van der Waals surface area contributed by atoms with E-state index in [0.717, 1.165) is 27.8 Å². The van der Waals surface area contributed by atoms with Gasteiger partial charge in [-0.25, -0.2) is 9.59 Å². The molecule has 3 aromatic rings. The largest absolute Gasteiger partial charge is 0.480 e. The van der Waals surface area contributed by atoms with Crippen LogP contribution in [0.4, 0.5) is 4.79 Å². The van der Waals surface area contributed by atoms with E-state index in [1.807, 2.05) is 42.5 Å². The molecule has 1 atom stereocenters. The zero-order valence-corrected chi connectivity index (χ0v) is 19.3. The standard InChI is InChI=1S/C26H23Cl2NO4/c27-22-13-12-16(14-23(22)28)6-5-11-24(25(30)31)29-26(32)33-15-21-19-9-3-1-7-17(19)18-8-2-4-10-20(18)21/h1-4,7-10,12-14,21,24H,5-6,11,15H2,(H,29,32)(H,30,31)/t24-/m0/s1. The van der Waals surface area contributed by atoms with Crippen molar-refractivity contribution in [3.8, 4) is 11.1 Å². The zero-order chi connectivity index (χ0) is 23.4. The van der Waals surface area contributed by atoms with Gasteiger partial charge in [0.2, 0.25) is 0 Å². The van der Waals surface area contributed by atoms with Crippen molar-refractivity contribution in [2.75, 3.05) is 6.61 Å². The Hall–Kier alpha value is -3.02. The minimum atomic E-state index is -1.10. The fourth-order valence-electron chi connectivity index (χ4n) is 4.25. The second-order valence-electron chi connectivity index (χ2n) is 8.00. The first-order chi connectivity index (χ1) is 15.9. The molecule has 33 heavy (non-hydrogen) atoms. The van der Waals surface area contributed by atoms with Gasteiger partial charge in [-0.3, -0.25) is 0 Å². The summed E-state index contributed by atoms with van der Waals surface area (Å²) in [6.45, 7) is 0.134. The molecule has 2 N–H and O–H groups in total. The van der Waals surface area contributed by atoms with Crippen LogP contribution < -0.4 is 5.32 Å². The summed E-state index contributed by atoms with van der Waals surface area (Å²) in [4.78, 5) is 24.1. The van der Waals surface area contributed by atoms with Gasteiger partial charge in [-0.1, -0.05) is 77.8 Å². The van der Waals surface area contributed by atoms with Gasteiger partial charge in [-0.05, 0) is 59.2 Å². The molecule has 4 rings (SSSR count). The summed E-state index contributed by atoms with van der Waals surface area (Å²) >= 11 is 12.0. The number of rotatable bonds is 8. The predicted octanol–water partition coefficient (Wildman–Crippen LogP) is 6.31. The third-order valence-electron chi connectivity index (χ3n) is 5.88. The molecule has 0 aliphatic heterocycles. The fraction of sp³-hybridized carbons (Fsp3) is 0.231. The SMILES string of the molecule is O=C(N[C@@H](CCCc1ccc(Cl)c(Cl)c1)C(=O)O)OCC1c2ccccc2-c2ccccc21. The van der Waals surface area contributed by atoms with Crippen LogP contribution in [-0.4, -0.2) is 29.8 Å². The first kappa shape index (κ1) is 23.1. The number of carboxylic acids is 1. The molecule has 0 aromatic heterocycles. The van der Waals surface area contributed by atoms with E-state index in [2.05, 4.69) is 17.4 Å². The average Bonchev–Trinajstić information content (AvgIpc) is 3.13. The van der Waals surface area contributed by atoms with Crippen LogP contribution in [0, 0.1) is 0 Å². The molecule has 3 aromatic carbocycles. The summed E-state index contributed by atoms with van der Waals surface area (Å²) in [6.07, 6.45) is 0.699. The summed E-state index contributed by atoms with van der Waals surface area (Å²) in [5.74, 6) is -1.18. The van der Waals surface area contributed by atoms with Crippen LogP contribution in [0.25, 0.3) is 11.1 Å². The van der Waals surface area contributed by atoms with E-state index in [1.54, 1.807) is 12.1 Å². The molecule has 0 unspecified atom stereocenters. The van der Waals surface area contributed by atoms with Crippen molar-refractivity contribution in [2.45, 2.75) is 31.2 Å². The van der Waals surface area contributed by atoms with E-state index >= 15 is 0 Å². The van der Waals surface area contributed by atoms with E-state index < -0.39 is 18.1 Å². The van der Waals surface area contributed by atoms with Crippen LogP contribution in [0.15, 0.2) is 66.7 Å². The number of amides is 1. The molecule has 0 radical (unpaired) electrons. The summed E-state index contributed by atoms with van der Waals surface area (Å²) in [6, 6.07) is 20.4. The van der Waals surface area contributed by atoms with E-state index in [0.29, 0.717) is 22.9 Å². The minimum absolute atomic E-state index is 0.0823. The number of ether oxygens (including phenoxy) is 1. The predicted molar refractivity (Wildman–Crippen MR) is 129 cm³/mol. The van der Waals surface area contributed by atoms with Crippen molar-refractivity contribution in [3.63, 3.8) is 0 Å². The van der Waals surface area contributed by atoms with Crippen LogP contribution in [-0.2, 0) is 16.0 Å². The number of nitrogens with one attached hydrogen (secondary N) is 1. The van der Waals surface area contributed by atoms with Crippen molar-refractivity contribution in [3.05, 3.63) is 93.5 Å². The number of carbonyl (C=O) groups excluding carboxylic acids is 1. The van der Waals surface area contributed by atoms with Crippen LogP contribution in [0.1, 0.15) is 35.4 Å². The van der Waals surface area contributed by atoms with Gasteiger partial charge in [-0.15, -0.1) is 0 Å². The highest BCUT2D eigenvalue weighted by Crippen LogP contribution is 2.44. The average molecular weight is 484 g/mol. The molecule has 0 heterocycles. The number of carboxylic acid groups (broad SMARTS) is 1. The van der Waals surface area contributed by atoms with Crippen LogP contribution in [0.3, 0.4) is 0 Å². The number of alkyl carbamates (subject to hydrolysis) is 1.